The first-order valence-corrected chi connectivity index (χ1v) is 5.28. The van der Waals surface area contributed by atoms with Gasteiger partial charge in [-0.25, -0.2) is 0 Å². The topological polar surface area (TPSA) is 141 Å². The van der Waals surface area contributed by atoms with Gasteiger partial charge in [0.15, 0.2) is 0 Å². The van der Waals surface area contributed by atoms with E-state index in [0.29, 0.717) is 0 Å². The molecule has 6 N–H and O–H groups in total. The van der Waals surface area contributed by atoms with E-state index in [1.807, 2.05) is 20.8 Å². The van der Waals surface area contributed by atoms with E-state index in [-0.39, 0.29) is 5.54 Å². The molecule has 0 fully saturated rings. The maximum atomic E-state index is 8.70. The molecule has 0 aromatic rings. The van der Waals surface area contributed by atoms with Crippen LogP contribution in [0.25, 0.3) is 0 Å². The molecule has 0 aliphatic rings. The average Bonchev–Trinajstić information content (AvgIpc) is 1.50. The Bertz CT molecular complexity index is 129. The van der Waals surface area contributed by atoms with E-state index >= 15 is 0 Å². The van der Waals surface area contributed by atoms with Gasteiger partial charge in [-0.2, -0.15) is 0 Å². The number of rotatable bonds is 0. The minimum Gasteiger partial charge on any atom is -0.326 e. The minimum absolute atomic E-state index is 0. The summed E-state index contributed by atoms with van der Waals surface area (Å²) in [4.78, 5) is 28.5. The van der Waals surface area contributed by atoms with Gasteiger partial charge in [0.25, 0.3) is 0 Å². The quantitative estimate of drug-likeness (QED) is 0.372. The number of nitrogens with two attached hydrogens (primary N) is 1. The van der Waals surface area contributed by atoms with Gasteiger partial charge in [0, 0.05) is 14.7 Å². The molecule has 0 aromatic heterocycles. The summed E-state index contributed by atoms with van der Waals surface area (Å²) in [5, 5.41) is 0. The van der Waals surface area contributed by atoms with Crippen molar-refractivity contribution in [3.05, 3.63) is 0 Å². The van der Waals surface area contributed by atoms with Crippen LogP contribution in [0.3, 0.4) is 0 Å². The van der Waals surface area contributed by atoms with E-state index in [4.69, 9.17) is 34.4 Å². The summed E-state index contributed by atoms with van der Waals surface area (Å²) in [5.74, 6) is 0. The van der Waals surface area contributed by atoms with Gasteiger partial charge < -0.3 is 5.73 Å². The molecule has 0 atom stereocenters. The summed E-state index contributed by atoms with van der Waals surface area (Å²) in [5.41, 5.74) is 5.35. The largest absolute Gasteiger partial charge is 0.692 e. The normalized spacial score (nSPS) is 8.62. The zero-order chi connectivity index (χ0) is 11.7. The highest BCUT2D eigenvalue weighted by Gasteiger charge is 1.95. The van der Waals surface area contributed by atoms with Crippen molar-refractivity contribution in [3.63, 3.8) is 0 Å². The first kappa shape index (κ1) is 18.7. The van der Waals surface area contributed by atoms with Gasteiger partial charge in [-0.1, -0.05) is 0 Å². The molecule has 0 aromatic carbocycles. The predicted octanol–water partition coefficient (Wildman–Crippen LogP) is 0.000400. The summed E-state index contributed by atoms with van der Waals surface area (Å²) in [7, 11) is -5.74. The van der Waals surface area contributed by atoms with Crippen LogP contribution in [-0.4, -0.2) is 25.1 Å². The molecule has 80 valence electrons. The molecule has 0 radical (unpaired) electrons. The van der Waals surface area contributed by atoms with Gasteiger partial charge in [-0.3, -0.25) is 0 Å². The monoisotopic (exact) mass is 235 g/mol. The molecule has 9 heteroatoms. The van der Waals surface area contributed by atoms with E-state index in [1.165, 1.54) is 0 Å². The highest BCUT2D eigenvalue weighted by Crippen LogP contribution is 1.98. The fourth-order valence-electron chi connectivity index (χ4n) is 0. The second-order valence-electron chi connectivity index (χ2n) is 2.87. The molecule has 0 aliphatic carbocycles. The third-order valence-corrected chi connectivity index (χ3v) is 0. The van der Waals surface area contributed by atoms with Crippen LogP contribution in [0.15, 0.2) is 0 Å². The second kappa shape index (κ2) is 10.1. The Labute approximate surface area is 78.1 Å². The van der Waals surface area contributed by atoms with Crippen molar-refractivity contribution in [3.8, 4) is 0 Å². The smallest absolute Gasteiger partial charge is 0.326 e. The molecule has 0 aliphatic heterocycles. The molecule has 0 bridgehead atoms. The van der Waals surface area contributed by atoms with Crippen molar-refractivity contribution in [2.24, 2.45) is 5.73 Å². The van der Waals surface area contributed by atoms with Gasteiger partial charge in [0.1, 0.15) is 0 Å². The first-order valence-electron chi connectivity index (χ1n) is 2.95. The lowest BCUT2D eigenvalue weighted by atomic mass is 10.1. The van der Waals surface area contributed by atoms with Crippen LogP contribution >= 0.6 is 16.5 Å². The van der Waals surface area contributed by atoms with Crippen LogP contribution in [0, 0.1) is 0 Å². The molecule has 0 unspecified atom stereocenters. The Morgan fingerprint density at radius 1 is 0.923 bits per heavy atom. The lowest BCUT2D eigenvalue weighted by Gasteiger charge is -2.06. The van der Waals surface area contributed by atoms with Crippen LogP contribution in [0.4, 0.5) is 0 Å². The van der Waals surface area contributed by atoms with E-state index in [9.17, 15) is 0 Å². The van der Waals surface area contributed by atoms with Crippen LogP contribution in [0.5, 0.6) is 0 Å². The van der Waals surface area contributed by atoms with Crippen LogP contribution in [0.2, 0.25) is 0 Å². The zero-order valence-corrected chi connectivity index (χ0v) is 9.37. The Morgan fingerprint density at radius 3 is 0.923 bits per heavy atom. The highest BCUT2D eigenvalue weighted by atomic mass is 31.1. The Hall–Kier alpha value is -0.0000000000000000416. The average molecular weight is 235 g/mol. The fraction of sp³-hybridized carbons (Fsp3) is 1.00. The van der Waals surface area contributed by atoms with Gasteiger partial charge in [0.05, 0.1) is 0 Å². The molecule has 7 nitrogen and oxygen atoms in total. The van der Waals surface area contributed by atoms with Crippen molar-refractivity contribution in [2.75, 3.05) is 0 Å². The van der Waals surface area contributed by atoms with Gasteiger partial charge in [-0.15, -0.1) is 19.6 Å². The minimum atomic E-state index is -2.87. The summed E-state index contributed by atoms with van der Waals surface area (Å²) in [6.45, 7) is 5.90. The standard InChI is InChI=1S/C4H11N.2HO3P/c1-4(2,3)5;2*1-4(2)3/h5H2,1-3H3;2*(H-,1,2,3)/p+2. The van der Waals surface area contributed by atoms with Crippen LogP contribution < -0.4 is 5.73 Å². The predicted molar refractivity (Wildman–Crippen MR) is 48.0 cm³/mol. The second-order valence-corrected chi connectivity index (χ2v) is 3.88. The maximum Gasteiger partial charge on any atom is 0.692 e. The Kier molecular flexibility index (Phi) is 14.5. The Morgan fingerprint density at radius 2 is 0.923 bits per heavy atom. The third-order valence-electron chi connectivity index (χ3n) is 0. The molecule has 0 heterocycles. The van der Waals surface area contributed by atoms with E-state index < -0.39 is 16.5 Å². The van der Waals surface area contributed by atoms with E-state index in [2.05, 4.69) is 0 Å². The van der Waals surface area contributed by atoms with Crippen LogP contribution in [0.1, 0.15) is 20.8 Å². The third kappa shape index (κ3) is 692000000000000047654251183940304896. The lowest BCUT2D eigenvalue weighted by Crippen LogP contribution is -2.26. The molecule has 0 rings (SSSR count). The van der Waals surface area contributed by atoms with Crippen molar-refractivity contribution in [1.82, 2.24) is 0 Å². The van der Waals surface area contributed by atoms with Crippen molar-refractivity contribution < 1.29 is 28.7 Å². The highest BCUT2D eigenvalue weighted by molar-refractivity contribution is 7.31. The van der Waals surface area contributed by atoms with Gasteiger partial charge >= 0.3 is 16.5 Å². The molecule has 13 heavy (non-hydrogen) atoms. The van der Waals surface area contributed by atoms with E-state index in [1.54, 1.807) is 0 Å². The van der Waals surface area contributed by atoms with E-state index in [0.717, 1.165) is 0 Å². The molecule has 0 spiro atoms. The van der Waals surface area contributed by atoms with Crippen molar-refractivity contribution >= 4 is 16.5 Å². The van der Waals surface area contributed by atoms with Gasteiger partial charge in [-0.05, 0) is 20.8 Å². The fourth-order valence-corrected chi connectivity index (χ4v) is 0. The SMILES string of the molecule is CC(C)(C)N.O=[P+](O)O.O=[P+](O)O. The summed E-state index contributed by atoms with van der Waals surface area (Å²) >= 11 is 0. The molecular formula is C4H15NO6P2+2. The lowest BCUT2D eigenvalue weighted by molar-refractivity contribution is 0.403. The van der Waals surface area contributed by atoms with Crippen LogP contribution in [-0.2, 0) is 9.13 Å². The summed E-state index contributed by atoms with van der Waals surface area (Å²) < 4.78 is 17.4. The molecule has 0 saturated carbocycles. The van der Waals surface area contributed by atoms with Crippen molar-refractivity contribution in [2.45, 2.75) is 26.3 Å². The zero-order valence-electron chi connectivity index (χ0n) is 7.58. The summed E-state index contributed by atoms with van der Waals surface area (Å²) in [6.07, 6.45) is 0. The molecule has 0 amide bonds. The summed E-state index contributed by atoms with van der Waals surface area (Å²) in [6, 6.07) is 0. The molecular weight excluding hydrogens is 220 g/mol. The number of hydrogen-bond donors (Lipinski definition) is 5. The Balaban J connectivity index is -0.000000117. The van der Waals surface area contributed by atoms with Gasteiger partial charge in [0.2, 0.25) is 0 Å². The maximum absolute atomic E-state index is 8.70. The molecule has 0 saturated heterocycles. The van der Waals surface area contributed by atoms with Crippen molar-refractivity contribution in [1.29, 1.82) is 0 Å². The number of hydrogen-bond acceptors (Lipinski definition) is 3. The first-order chi connectivity index (χ1) is 5.46.